The Morgan fingerprint density at radius 2 is 1.29 bits per heavy atom. The summed E-state index contributed by atoms with van der Waals surface area (Å²) in [7, 11) is -0.257. The molecule has 13 rings (SSSR count). The Morgan fingerprint density at radius 3 is 1.90 bits per heavy atom. The Labute approximate surface area is 406 Å². The number of morpholine rings is 2. The van der Waals surface area contributed by atoms with Crippen LogP contribution < -0.4 is 15.3 Å². The van der Waals surface area contributed by atoms with Gasteiger partial charge in [0.15, 0.2) is 41.2 Å². The highest BCUT2D eigenvalue weighted by atomic mass is 35.5. The van der Waals surface area contributed by atoms with Gasteiger partial charge in [-0.3, -0.25) is 9.59 Å². The first kappa shape index (κ1) is 45.4. The van der Waals surface area contributed by atoms with E-state index in [-0.39, 0.29) is 23.6 Å². The highest BCUT2D eigenvalue weighted by molar-refractivity contribution is 6.63. The SMILES string of the molecule is CC1(C)OB(c2cccc3c2C=CC3)OC1(C)C.O=Cc1cnc2oc3c(N4CCOCC4)nc(-c4cccc5[nH]ccc45)nc3c2c1.O=Cc1cnc2oc3c(N4CCOCC4)nc(Cl)nc3c2c1. The van der Waals surface area contributed by atoms with Gasteiger partial charge >= 0.3 is 7.12 Å². The van der Waals surface area contributed by atoms with Crippen LogP contribution in [0.15, 0.2) is 88.1 Å². The van der Waals surface area contributed by atoms with Gasteiger partial charge in [-0.2, -0.15) is 4.98 Å². The van der Waals surface area contributed by atoms with Crippen LogP contribution in [-0.4, -0.2) is 118 Å². The number of furan rings is 2. The molecule has 0 unspecified atom stereocenters. The molecule has 0 bridgehead atoms. The number of aromatic amines is 1. The maximum Gasteiger partial charge on any atom is 0.495 e. The van der Waals surface area contributed by atoms with E-state index in [0.29, 0.717) is 120 Å². The summed E-state index contributed by atoms with van der Waals surface area (Å²) in [4.78, 5) is 56.4. The Morgan fingerprint density at radius 1 is 0.700 bits per heavy atom. The van der Waals surface area contributed by atoms with E-state index in [2.05, 4.69) is 87.9 Å². The molecule has 4 aliphatic rings. The van der Waals surface area contributed by atoms with Crippen molar-refractivity contribution in [3.63, 3.8) is 0 Å². The first-order chi connectivity index (χ1) is 34.0. The number of carbonyl (C=O) groups is 2. The van der Waals surface area contributed by atoms with Crippen molar-refractivity contribution in [1.82, 2.24) is 34.9 Å². The van der Waals surface area contributed by atoms with E-state index >= 15 is 0 Å². The fraction of sp³-hybridized carbons (Fsp3) is 0.294. The zero-order chi connectivity index (χ0) is 48.1. The van der Waals surface area contributed by atoms with Gasteiger partial charge in [-0.05, 0) is 86.6 Å². The maximum absolute atomic E-state index is 11.3. The standard InChI is InChI=1S/C22H17N5O3.C15H19BO2.C14H11ClN4O3/c28-12-13-10-16-18-19(30-22(16)24-11-13)21(27-6-8-29-9-7-27)26-20(25-18)15-2-1-3-17-14(15)4-5-23-17;1-14(2)15(3,4)18-16(17-14)13-10-6-8-11-7-5-9-12(11)13;15-14-17-10-9-5-8(7-20)6-16-13(9)22-11(10)12(18-14)19-1-3-21-4-2-19/h1-5,10-12,23H,6-9H2;5-6,8-10H,7H2,1-4H3;5-7H,1-4H2. The summed E-state index contributed by atoms with van der Waals surface area (Å²) in [6.45, 7) is 13.7. The molecule has 1 N–H and O–H groups in total. The molecule has 0 amide bonds. The van der Waals surface area contributed by atoms with E-state index in [1.807, 2.05) is 35.4 Å². The van der Waals surface area contributed by atoms with Crippen LogP contribution in [0.3, 0.4) is 0 Å². The number of aldehydes is 2. The summed E-state index contributed by atoms with van der Waals surface area (Å²) in [5, 5.41) is 2.53. The van der Waals surface area contributed by atoms with Crippen LogP contribution in [0.25, 0.3) is 72.8 Å². The molecule has 3 saturated heterocycles. The predicted octanol–water partition coefficient (Wildman–Crippen LogP) is 8.20. The second-order valence-corrected chi connectivity index (χ2v) is 18.6. The lowest BCUT2D eigenvalue weighted by Gasteiger charge is -2.32. The van der Waals surface area contributed by atoms with E-state index in [9.17, 15) is 9.59 Å². The van der Waals surface area contributed by atoms with Gasteiger partial charge in [0, 0.05) is 72.4 Å². The smallest absolute Gasteiger partial charge is 0.432 e. The molecule has 0 atom stereocenters. The number of aromatic nitrogens is 7. The van der Waals surface area contributed by atoms with Gasteiger partial charge in [0.1, 0.15) is 11.0 Å². The number of hydrogen-bond donors (Lipinski definition) is 1. The molecule has 0 spiro atoms. The fourth-order valence-electron chi connectivity index (χ4n) is 9.04. The minimum absolute atomic E-state index is 0.133. The van der Waals surface area contributed by atoms with Crippen molar-refractivity contribution in [3.8, 4) is 11.4 Å². The monoisotopic (exact) mass is 959 g/mol. The first-order valence-electron chi connectivity index (χ1n) is 23.1. The number of halogens is 1. The molecule has 0 saturated carbocycles. The third-order valence-electron chi connectivity index (χ3n) is 13.4. The summed E-state index contributed by atoms with van der Waals surface area (Å²) < 4.78 is 35.0. The Kier molecular flexibility index (Phi) is 11.9. The summed E-state index contributed by atoms with van der Waals surface area (Å²) in [6, 6.07) is 17.9. The summed E-state index contributed by atoms with van der Waals surface area (Å²) >= 11 is 6.06. The summed E-state index contributed by atoms with van der Waals surface area (Å²) in [5.74, 6) is 1.95. The van der Waals surface area contributed by atoms with E-state index in [1.165, 1.54) is 23.5 Å². The van der Waals surface area contributed by atoms with Gasteiger partial charge in [0.2, 0.25) is 16.7 Å². The van der Waals surface area contributed by atoms with Crippen molar-refractivity contribution in [1.29, 1.82) is 0 Å². The van der Waals surface area contributed by atoms with Crippen LogP contribution in [0, 0.1) is 0 Å². The number of anilines is 2. The van der Waals surface area contributed by atoms with Gasteiger partial charge in [-0.25, -0.2) is 24.9 Å². The number of rotatable bonds is 6. The largest absolute Gasteiger partial charge is 0.495 e. The zero-order valence-corrected chi connectivity index (χ0v) is 39.7. The molecule has 1 aliphatic carbocycles. The molecule has 3 fully saturated rings. The molecule has 354 valence electrons. The first-order valence-corrected chi connectivity index (χ1v) is 23.5. The number of hydrogen-bond acceptors (Lipinski definition) is 16. The Bertz CT molecular complexity index is 3490. The highest BCUT2D eigenvalue weighted by Crippen LogP contribution is 2.39. The molecule has 0 radical (unpaired) electrons. The van der Waals surface area contributed by atoms with Gasteiger partial charge in [-0.15, -0.1) is 0 Å². The number of benzene rings is 2. The van der Waals surface area contributed by atoms with Crippen molar-refractivity contribution in [2.45, 2.75) is 45.3 Å². The van der Waals surface area contributed by atoms with Crippen LogP contribution in [0.4, 0.5) is 11.6 Å². The number of nitrogens with one attached hydrogen (secondary N) is 1. The van der Waals surface area contributed by atoms with Crippen molar-refractivity contribution in [2.24, 2.45) is 0 Å². The average molecular weight is 960 g/mol. The van der Waals surface area contributed by atoms with Crippen molar-refractivity contribution in [2.75, 3.05) is 62.4 Å². The van der Waals surface area contributed by atoms with Crippen LogP contribution in [-0.2, 0) is 25.2 Å². The normalized spacial score (nSPS) is 17.2. The van der Waals surface area contributed by atoms with Gasteiger partial charge in [0.05, 0.1) is 48.4 Å². The molecule has 19 heteroatoms. The topological polar surface area (TPSA) is 197 Å². The molecular weight excluding hydrogens is 913 g/mol. The number of nitrogens with zero attached hydrogens (tertiary/aromatic N) is 8. The third-order valence-corrected chi connectivity index (χ3v) is 13.6. The van der Waals surface area contributed by atoms with Crippen LogP contribution in [0.2, 0.25) is 5.28 Å². The Balaban J connectivity index is 0.000000119. The third kappa shape index (κ3) is 8.34. The molecule has 70 heavy (non-hydrogen) atoms. The number of pyridine rings is 2. The van der Waals surface area contributed by atoms with E-state index < -0.39 is 0 Å². The number of fused-ring (bicyclic) bond motifs is 8. The molecule has 3 aliphatic heterocycles. The molecule has 7 aromatic heterocycles. The molecule has 17 nitrogen and oxygen atoms in total. The van der Waals surface area contributed by atoms with Gasteiger partial charge in [-0.1, -0.05) is 42.5 Å². The lowest BCUT2D eigenvalue weighted by atomic mass is 9.75. The number of H-pyrrole nitrogens is 1. The molecule has 9 aromatic rings. The molecule has 10 heterocycles. The van der Waals surface area contributed by atoms with Gasteiger partial charge in [0.25, 0.3) is 0 Å². The lowest BCUT2D eigenvalue weighted by Crippen LogP contribution is -2.41. The van der Waals surface area contributed by atoms with E-state index in [1.54, 1.807) is 12.1 Å². The zero-order valence-electron chi connectivity index (χ0n) is 38.9. The maximum atomic E-state index is 11.3. The summed E-state index contributed by atoms with van der Waals surface area (Å²) in [5.41, 5.74) is 9.29. The molecule has 2 aromatic carbocycles. The van der Waals surface area contributed by atoms with E-state index in [0.717, 1.165) is 46.7 Å². The summed E-state index contributed by atoms with van der Waals surface area (Å²) in [6.07, 6.45) is 11.8. The second kappa shape index (κ2) is 18.3. The second-order valence-electron chi connectivity index (χ2n) is 18.3. The number of carbonyl (C=O) groups excluding carboxylic acids is 2. The lowest BCUT2D eigenvalue weighted by molar-refractivity contribution is 0.00578. The van der Waals surface area contributed by atoms with Crippen LogP contribution >= 0.6 is 11.6 Å². The van der Waals surface area contributed by atoms with E-state index in [4.69, 9.17) is 49.2 Å². The Hall–Kier alpha value is -7.09. The average Bonchev–Trinajstić information content (AvgIpc) is 4.23. The highest BCUT2D eigenvalue weighted by Gasteiger charge is 2.52. The van der Waals surface area contributed by atoms with Crippen molar-refractivity contribution < 1.29 is 37.2 Å². The number of ether oxygens (including phenoxy) is 2. The van der Waals surface area contributed by atoms with Gasteiger partial charge < -0.3 is 42.4 Å². The van der Waals surface area contributed by atoms with Crippen LogP contribution in [0.5, 0.6) is 0 Å². The van der Waals surface area contributed by atoms with Crippen molar-refractivity contribution >= 4 is 110 Å². The predicted molar refractivity (Wildman–Crippen MR) is 268 cm³/mol. The van der Waals surface area contributed by atoms with Crippen molar-refractivity contribution in [3.05, 3.63) is 107 Å². The minimum atomic E-state index is -0.275. The fourth-order valence-corrected chi connectivity index (χ4v) is 9.20. The number of allylic oxidation sites excluding steroid dienone is 1. The molecular formula is C51H47BClN9O8. The minimum Gasteiger partial charge on any atom is -0.432 e. The van der Waals surface area contributed by atoms with Crippen LogP contribution in [0.1, 0.15) is 59.5 Å². The quantitative estimate of drug-likeness (QED) is 0.0950.